The molecule has 1 heterocycles. The van der Waals surface area contributed by atoms with Crippen molar-refractivity contribution < 1.29 is 0 Å². The number of rotatable bonds is 6. The number of nitrogens with zero attached hydrogens (tertiary/aromatic N) is 1. The Hall–Kier alpha value is -1.38. The maximum absolute atomic E-state index is 5.99. The second kappa shape index (κ2) is 7.41. The molecule has 1 N–H and O–H groups in total. The van der Waals surface area contributed by atoms with Crippen LogP contribution >= 0.6 is 11.6 Å². The number of pyridine rings is 1. The largest absolute Gasteiger partial charge is 0.305 e. The van der Waals surface area contributed by atoms with E-state index in [2.05, 4.69) is 42.3 Å². The molecule has 1 aromatic heterocycles. The highest BCUT2D eigenvalue weighted by Crippen LogP contribution is 2.25. The first-order chi connectivity index (χ1) is 9.76. The van der Waals surface area contributed by atoms with Crippen molar-refractivity contribution in [1.29, 1.82) is 0 Å². The van der Waals surface area contributed by atoms with Crippen LogP contribution in [0, 0.1) is 0 Å². The highest BCUT2D eigenvalue weighted by atomic mass is 35.5. The third kappa shape index (κ3) is 3.59. The van der Waals surface area contributed by atoms with Crippen molar-refractivity contribution >= 4 is 11.6 Å². The highest BCUT2D eigenvalue weighted by molar-refractivity contribution is 6.30. The standard InChI is InChI=1S/C17H21ClN2/c1-3-11-19-17(14-7-9-15(18)10-8-14)16-13(4-2)6-5-12-20-16/h5-10,12,17,19H,3-4,11H2,1-2H3. The summed E-state index contributed by atoms with van der Waals surface area (Å²) in [6.45, 7) is 5.30. The Kier molecular flexibility index (Phi) is 5.57. The van der Waals surface area contributed by atoms with Crippen LogP contribution in [0.5, 0.6) is 0 Å². The zero-order chi connectivity index (χ0) is 14.4. The quantitative estimate of drug-likeness (QED) is 0.853. The number of aromatic nitrogens is 1. The molecule has 3 heteroatoms. The van der Waals surface area contributed by atoms with Crippen molar-refractivity contribution in [3.05, 3.63) is 64.4 Å². The predicted molar refractivity (Wildman–Crippen MR) is 85.2 cm³/mol. The van der Waals surface area contributed by atoms with Gasteiger partial charge in [-0.05, 0) is 48.7 Å². The lowest BCUT2D eigenvalue weighted by molar-refractivity contribution is 0.582. The van der Waals surface area contributed by atoms with Gasteiger partial charge >= 0.3 is 0 Å². The van der Waals surface area contributed by atoms with Gasteiger partial charge in [-0.15, -0.1) is 0 Å². The minimum Gasteiger partial charge on any atom is -0.305 e. The molecule has 0 aliphatic rings. The Bertz CT molecular complexity index is 537. The number of hydrogen-bond acceptors (Lipinski definition) is 2. The molecule has 0 radical (unpaired) electrons. The average Bonchev–Trinajstić information content (AvgIpc) is 2.50. The molecule has 0 aliphatic heterocycles. The highest BCUT2D eigenvalue weighted by Gasteiger charge is 2.17. The molecule has 20 heavy (non-hydrogen) atoms. The number of halogens is 1. The minimum atomic E-state index is 0.128. The molecule has 1 atom stereocenters. The van der Waals surface area contributed by atoms with Gasteiger partial charge in [0.05, 0.1) is 11.7 Å². The van der Waals surface area contributed by atoms with E-state index in [-0.39, 0.29) is 6.04 Å². The minimum absolute atomic E-state index is 0.128. The Labute approximate surface area is 126 Å². The molecule has 0 fully saturated rings. The normalized spacial score (nSPS) is 12.3. The summed E-state index contributed by atoms with van der Waals surface area (Å²) in [6.07, 6.45) is 3.95. The number of aryl methyl sites for hydroxylation is 1. The van der Waals surface area contributed by atoms with Crippen molar-refractivity contribution in [2.24, 2.45) is 0 Å². The molecule has 2 nitrogen and oxygen atoms in total. The van der Waals surface area contributed by atoms with Crippen LogP contribution in [0.25, 0.3) is 0 Å². The fourth-order valence-electron chi connectivity index (χ4n) is 2.33. The van der Waals surface area contributed by atoms with Crippen LogP contribution in [0.2, 0.25) is 5.02 Å². The first-order valence-corrected chi connectivity index (χ1v) is 7.56. The average molecular weight is 289 g/mol. The lowest BCUT2D eigenvalue weighted by atomic mass is 9.98. The van der Waals surface area contributed by atoms with Gasteiger partial charge in [0.2, 0.25) is 0 Å². The summed E-state index contributed by atoms with van der Waals surface area (Å²) in [7, 11) is 0. The van der Waals surface area contributed by atoms with Crippen LogP contribution in [0.15, 0.2) is 42.6 Å². The van der Waals surface area contributed by atoms with Crippen molar-refractivity contribution in [3.8, 4) is 0 Å². The predicted octanol–water partition coefficient (Wildman–Crippen LogP) is 4.39. The number of nitrogens with one attached hydrogen (secondary N) is 1. The monoisotopic (exact) mass is 288 g/mol. The van der Waals surface area contributed by atoms with Crippen LogP contribution < -0.4 is 5.32 Å². The van der Waals surface area contributed by atoms with Crippen molar-refractivity contribution in [3.63, 3.8) is 0 Å². The molecule has 0 spiro atoms. The maximum atomic E-state index is 5.99. The Morgan fingerprint density at radius 2 is 1.90 bits per heavy atom. The first-order valence-electron chi connectivity index (χ1n) is 7.18. The van der Waals surface area contributed by atoms with E-state index in [0.29, 0.717) is 0 Å². The van der Waals surface area contributed by atoms with E-state index in [1.807, 2.05) is 24.4 Å². The molecular formula is C17H21ClN2. The topological polar surface area (TPSA) is 24.9 Å². The molecule has 2 aromatic rings. The second-order valence-electron chi connectivity index (χ2n) is 4.84. The molecule has 0 amide bonds. The Balaban J connectivity index is 2.38. The SMILES string of the molecule is CCCNC(c1ccc(Cl)cc1)c1ncccc1CC. The van der Waals surface area contributed by atoms with Crippen LogP contribution in [0.1, 0.15) is 43.1 Å². The van der Waals surface area contributed by atoms with Crippen molar-refractivity contribution in [1.82, 2.24) is 10.3 Å². The summed E-state index contributed by atoms with van der Waals surface area (Å²) in [6, 6.07) is 12.3. The lowest BCUT2D eigenvalue weighted by Crippen LogP contribution is -2.25. The van der Waals surface area contributed by atoms with Crippen LogP contribution in [0.3, 0.4) is 0 Å². The summed E-state index contributed by atoms with van der Waals surface area (Å²) in [5, 5.41) is 4.35. The number of benzene rings is 1. The zero-order valence-electron chi connectivity index (χ0n) is 12.1. The molecular weight excluding hydrogens is 268 g/mol. The first kappa shape index (κ1) is 15.0. The maximum Gasteiger partial charge on any atom is 0.0754 e. The van der Waals surface area contributed by atoms with Gasteiger partial charge in [-0.2, -0.15) is 0 Å². The second-order valence-corrected chi connectivity index (χ2v) is 5.28. The van der Waals surface area contributed by atoms with Gasteiger partial charge in [0.25, 0.3) is 0 Å². The molecule has 0 saturated heterocycles. The van der Waals surface area contributed by atoms with Crippen molar-refractivity contribution in [2.45, 2.75) is 32.7 Å². The zero-order valence-corrected chi connectivity index (χ0v) is 12.8. The molecule has 0 bridgehead atoms. The smallest absolute Gasteiger partial charge is 0.0754 e. The van der Waals surface area contributed by atoms with E-state index in [0.717, 1.165) is 30.1 Å². The van der Waals surface area contributed by atoms with Gasteiger partial charge < -0.3 is 5.32 Å². The van der Waals surface area contributed by atoms with E-state index in [4.69, 9.17) is 11.6 Å². The van der Waals surface area contributed by atoms with Crippen LogP contribution in [-0.2, 0) is 6.42 Å². The van der Waals surface area contributed by atoms with Gasteiger partial charge in [0, 0.05) is 11.2 Å². The summed E-state index contributed by atoms with van der Waals surface area (Å²) < 4.78 is 0. The lowest BCUT2D eigenvalue weighted by Gasteiger charge is -2.21. The van der Waals surface area contributed by atoms with Gasteiger partial charge in [-0.25, -0.2) is 0 Å². The number of hydrogen-bond donors (Lipinski definition) is 1. The molecule has 0 saturated carbocycles. The van der Waals surface area contributed by atoms with Crippen LogP contribution in [0.4, 0.5) is 0 Å². The molecule has 1 aromatic carbocycles. The van der Waals surface area contributed by atoms with E-state index < -0.39 is 0 Å². The van der Waals surface area contributed by atoms with E-state index in [1.165, 1.54) is 11.1 Å². The fourth-order valence-corrected chi connectivity index (χ4v) is 2.45. The van der Waals surface area contributed by atoms with E-state index in [9.17, 15) is 0 Å². The molecule has 106 valence electrons. The van der Waals surface area contributed by atoms with Crippen LogP contribution in [-0.4, -0.2) is 11.5 Å². The summed E-state index contributed by atoms with van der Waals surface area (Å²) >= 11 is 5.99. The van der Waals surface area contributed by atoms with Gasteiger partial charge in [0.15, 0.2) is 0 Å². The Morgan fingerprint density at radius 1 is 1.15 bits per heavy atom. The van der Waals surface area contributed by atoms with E-state index >= 15 is 0 Å². The van der Waals surface area contributed by atoms with E-state index in [1.54, 1.807) is 0 Å². The van der Waals surface area contributed by atoms with Gasteiger partial charge in [-0.3, -0.25) is 4.98 Å². The van der Waals surface area contributed by atoms with Gasteiger partial charge in [0.1, 0.15) is 0 Å². The molecule has 1 unspecified atom stereocenters. The van der Waals surface area contributed by atoms with Crippen molar-refractivity contribution in [2.75, 3.05) is 6.54 Å². The fraction of sp³-hybridized carbons (Fsp3) is 0.353. The Morgan fingerprint density at radius 3 is 2.55 bits per heavy atom. The summed E-state index contributed by atoms with van der Waals surface area (Å²) in [5.41, 5.74) is 3.61. The third-order valence-corrected chi connectivity index (χ3v) is 3.63. The molecule has 0 aliphatic carbocycles. The van der Waals surface area contributed by atoms with Gasteiger partial charge in [-0.1, -0.05) is 43.6 Å². The summed E-state index contributed by atoms with van der Waals surface area (Å²) in [4.78, 5) is 4.61. The summed E-state index contributed by atoms with van der Waals surface area (Å²) in [5.74, 6) is 0. The third-order valence-electron chi connectivity index (χ3n) is 3.38. The molecule has 2 rings (SSSR count).